The van der Waals surface area contributed by atoms with Crippen molar-refractivity contribution in [1.29, 1.82) is 0 Å². The highest BCUT2D eigenvalue weighted by molar-refractivity contribution is 7.09. The third-order valence-electron chi connectivity index (χ3n) is 3.51. The number of hydrogen-bond donors (Lipinski definition) is 2. The number of aromatic amines is 1. The zero-order chi connectivity index (χ0) is 14.7. The van der Waals surface area contributed by atoms with E-state index in [1.165, 1.54) is 11.5 Å². The Kier molecular flexibility index (Phi) is 4.31. The molecule has 0 radical (unpaired) electrons. The SMILES string of the molecule is Cc1cc(CNc2nc(C3CCOCC3)ns2)cc(=O)[nH]1. The quantitative estimate of drug-likeness (QED) is 0.903. The van der Waals surface area contributed by atoms with E-state index >= 15 is 0 Å². The van der Waals surface area contributed by atoms with E-state index in [1.54, 1.807) is 6.07 Å². The highest BCUT2D eigenvalue weighted by atomic mass is 32.1. The first-order valence-electron chi connectivity index (χ1n) is 7.06. The van der Waals surface area contributed by atoms with E-state index in [0.29, 0.717) is 12.5 Å². The molecule has 0 spiro atoms. The van der Waals surface area contributed by atoms with Crippen LogP contribution in [0.25, 0.3) is 0 Å². The first-order chi connectivity index (χ1) is 10.2. The Labute approximate surface area is 126 Å². The van der Waals surface area contributed by atoms with Crippen molar-refractivity contribution in [1.82, 2.24) is 14.3 Å². The molecule has 0 amide bonds. The Morgan fingerprint density at radius 1 is 1.43 bits per heavy atom. The summed E-state index contributed by atoms with van der Waals surface area (Å²) in [6, 6.07) is 3.55. The maximum atomic E-state index is 11.4. The number of H-pyrrole nitrogens is 1. The number of anilines is 1. The van der Waals surface area contributed by atoms with Gasteiger partial charge >= 0.3 is 0 Å². The van der Waals surface area contributed by atoms with E-state index < -0.39 is 0 Å². The molecule has 0 bridgehead atoms. The van der Waals surface area contributed by atoms with Crippen molar-refractivity contribution in [3.63, 3.8) is 0 Å². The summed E-state index contributed by atoms with van der Waals surface area (Å²) in [5, 5.41) is 4.04. The third-order valence-corrected chi connectivity index (χ3v) is 4.20. The van der Waals surface area contributed by atoms with E-state index in [0.717, 1.165) is 48.3 Å². The maximum Gasteiger partial charge on any atom is 0.248 e. The van der Waals surface area contributed by atoms with Crippen LogP contribution in [0.4, 0.5) is 5.13 Å². The number of nitrogens with one attached hydrogen (secondary N) is 2. The fraction of sp³-hybridized carbons (Fsp3) is 0.500. The van der Waals surface area contributed by atoms with Crippen molar-refractivity contribution in [2.75, 3.05) is 18.5 Å². The molecule has 0 aliphatic carbocycles. The number of aromatic nitrogens is 3. The van der Waals surface area contributed by atoms with Crippen molar-refractivity contribution in [2.45, 2.75) is 32.2 Å². The van der Waals surface area contributed by atoms with E-state index in [9.17, 15) is 4.79 Å². The minimum absolute atomic E-state index is 0.0769. The molecular formula is C14H18N4O2S. The molecule has 1 aliphatic rings. The molecule has 3 rings (SSSR count). The Balaban J connectivity index is 1.63. The van der Waals surface area contributed by atoms with Crippen molar-refractivity contribution >= 4 is 16.7 Å². The maximum absolute atomic E-state index is 11.4. The van der Waals surface area contributed by atoms with Gasteiger partial charge in [-0.1, -0.05) is 0 Å². The van der Waals surface area contributed by atoms with E-state index in [4.69, 9.17) is 4.74 Å². The van der Waals surface area contributed by atoms with Gasteiger partial charge in [0.05, 0.1) is 0 Å². The zero-order valence-corrected chi connectivity index (χ0v) is 12.7. The molecule has 2 aromatic rings. The van der Waals surface area contributed by atoms with Gasteiger partial charge in [0.2, 0.25) is 10.7 Å². The molecule has 112 valence electrons. The van der Waals surface area contributed by atoms with Crippen LogP contribution in [-0.4, -0.2) is 27.6 Å². The van der Waals surface area contributed by atoms with Crippen molar-refractivity contribution in [3.05, 3.63) is 39.6 Å². The molecule has 6 nitrogen and oxygen atoms in total. The number of aryl methyl sites for hydroxylation is 1. The van der Waals surface area contributed by atoms with Crippen LogP contribution in [0.5, 0.6) is 0 Å². The highest BCUT2D eigenvalue weighted by Gasteiger charge is 2.20. The van der Waals surface area contributed by atoms with Crippen LogP contribution in [-0.2, 0) is 11.3 Å². The second kappa shape index (κ2) is 6.36. The van der Waals surface area contributed by atoms with Gasteiger partial charge in [0.1, 0.15) is 5.82 Å². The fourth-order valence-electron chi connectivity index (χ4n) is 2.46. The van der Waals surface area contributed by atoms with Gasteiger partial charge in [-0.2, -0.15) is 4.37 Å². The van der Waals surface area contributed by atoms with E-state index in [2.05, 4.69) is 19.7 Å². The topological polar surface area (TPSA) is 79.9 Å². The van der Waals surface area contributed by atoms with Gasteiger partial charge in [0.15, 0.2) is 0 Å². The van der Waals surface area contributed by atoms with Crippen LogP contribution in [0.2, 0.25) is 0 Å². The number of hydrogen-bond acceptors (Lipinski definition) is 6. The standard InChI is InChI=1S/C14H18N4O2S/c1-9-6-10(7-12(19)16-9)8-15-14-17-13(18-21-14)11-2-4-20-5-3-11/h6-7,11H,2-5,8H2,1H3,(H,16,19)(H,15,17,18). The Bertz CT molecular complexity index is 661. The second-order valence-corrected chi connectivity index (χ2v) is 5.99. The Morgan fingerprint density at radius 3 is 3.00 bits per heavy atom. The first kappa shape index (κ1) is 14.2. The molecule has 0 unspecified atom stereocenters. The number of pyridine rings is 1. The summed E-state index contributed by atoms with van der Waals surface area (Å²) < 4.78 is 9.79. The highest BCUT2D eigenvalue weighted by Crippen LogP contribution is 2.27. The largest absolute Gasteiger partial charge is 0.381 e. The lowest BCUT2D eigenvalue weighted by Crippen LogP contribution is -2.15. The predicted octanol–water partition coefficient (Wildman–Crippen LogP) is 2.04. The van der Waals surface area contributed by atoms with Crippen molar-refractivity contribution in [3.8, 4) is 0 Å². The molecule has 2 aromatic heterocycles. The normalized spacial score (nSPS) is 16.0. The minimum atomic E-state index is -0.0769. The smallest absolute Gasteiger partial charge is 0.248 e. The molecule has 2 N–H and O–H groups in total. The number of nitrogens with zero attached hydrogens (tertiary/aromatic N) is 2. The summed E-state index contributed by atoms with van der Waals surface area (Å²) in [7, 11) is 0. The summed E-state index contributed by atoms with van der Waals surface area (Å²) in [6.45, 7) is 4.03. The number of rotatable bonds is 4. The van der Waals surface area contributed by atoms with Crippen LogP contribution in [0, 0.1) is 6.92 Å². The Hall–Kier alpha value is -1.73. The molecular weight excluding hydrogens is 288 g/mol. The molecule has 1 fully saturated rings. The van der Waals surface area contributed by atoms with Crippen LogP contribution in [0.3, 0.4) is 0 Å². The van der Waals surface area contributed by atoms with Gasteiger partial charge in [0, 0.05) is 49.0 Å². The van der Waals surface area contributed by atoms with E-state index in [-0.39, 0.29) is 5.56 Å². The fourth-order valence-corrected chi connectivity index (χ4v) is 3.10. The summed E-state index contributed by atoms with van der Waals surface area (Å²) >= 11 is 1.37. The summed E-state index contributed by atoms with van der Waals surface area (Å²) in [6.07, 6.45) is 1.98. The molecule has 0 atom stereocenters. The molecule has 1 saturated heterocycles. The molecule has 1 aliphatic heterocycles. The lowest BCUT2D eigenvalue weighted by Gasteiger charge is -2.18. The second-order valence-electron chi connectivity index (χ2n) is 5.23. The van der Waals surface area contributed by atoms with Gasteiger partial charge in [-0.15, -0.1) is 0 Å². The molecule has 0 saturated carbocycles. The molecule has 7 heteroatoms. The van der Waals surface area contributed by atoms with Crippen LogP contribution >= 0.6 is 11.5 Å². The zero-order valence-electron chi connectivity index (χ0n) is 11.9. The summed E-state index contributed by atoms with van der Waals surface area (Å²) in [5.74, 6) is 1.32. The van der Waals surface area contributed by atoms with Crippen LogP contribution < -0.4 is 10.9 Å². The van der Waals surface area contributed by atoms with E-state index in [1.807, 2.05) is 13.0 Å². The van der Waals surface area contributed by atoms with Gasteiger partial charge in [0.25, 0.3) is 0 Å². The summed E-state index contributed by atoms with van der Waals surface area (Å²) in [5.41, 5.74) is 1.73. The molecule has 3 heterocycles. The third kappa shape index (κ3) is 3.68. The van der Waals surface area contributed by atoms with Crippen LogP contribution in [0.1, 0.15) is 35.8 Å². The minimum Gasteiger partial charge on any atom is -0.381 e. The predicted molar refractivity (Wildman–Crippen MR) is 81.8 cm³/mol. The van der Waals surface area contributed by atoms with Crippen molar-refractivity contribution < 1.29 is 4.74 Å². The summed E-state index contributed by atoms with van der Waals surface area (Å²) in [4.78, 5) is 18.7. The Morgan fingerprint density at radius 2 is 2.24 bits per heavy atom. The van der Waals surface area contributed by atoms with Gasteiger partial charge in [-0.25, -0.2) is 4.98 Å². The number of ether oxygens (including phenoxy) is 1. The lowest BCUT2D eigenvalue weighted by atomic mass is 10.00. The van der Waals surface area contributed by atoms with Gasteiger partial charge < -0.3 is 15.0 Å². The van der Waals surface area contributed by atoms with Gasteiger partial charge in [-0.05, 0) is 31.4 Å². The first-order valence-corrected chi connectivity index (χ1v) is 7.83. The molecule has 21 heavy (non-hydrogen) atoms. The van der Waals surface area contributed by atoms with Crippen molar-refractivity contribution in [2.24, 2.45) is 0 Å². The monoisotopic (exact) mass is 306 g/mol. The van der Waals surface area contributed by atoms with Crippen LogP contribution in [0.15, 0.2) is 16.9 Å². The molecule has 0 aromatic carbocycles. The lowest BCUT2D eigenvalue weighted by molar-refractivity contribution is 0.0838. The average Bonchev–Trinajstić information content (AvgIpc) is 2.94. The average molecular weight is 306 g/mol. The van der Waals surface area contributed by atoms with Gasteiger partial charge in [-0.3, -0.25) is 4.79 Å².